The fraction of sp³-hybridized carbons (Fsp3) is 0.556. The van der Waals surface area contributed by atoms with Crippen LogP contribution in [0.1, 0.15) is 37.7 Å². The van der Waals surface area contributed by atoms with Crippen molar-refractivity contribution in [1.29, 1.82) is 0 Å². The van der Waals surface area contributed by atoms with Crippen molar-refractivity contribution in [2.75, 3.05) is 0 Å². The topological polar surface area (TPSA) is 79.5 Å². The summed E-state index contributed by atoms with van der Waals surface area (Å²) >= 11 is 0. The summed E-state index contributed by atoms with van der Waals surface area (Å²) < 4.78 is 40.7. The fourth-order valence-electron chi connectivity index (χ4n) is 3.50. The number of alkyl halides is 3. The largest absolute Gasteiger partial charge is 0.573 e. The summed E-state index contributed by atoms with van der Waals surface area (Å²) in [5.74, 6) is -0.334. The first-order chi connectivity index (χ1) is 12.7. The number of amides is 2. The van der Waals surface area contributed by atoms with Crippen LogP contribution in [0, 0.1) is 5.92 Å². The first-order valence-corrected chi connectivity index (χ1v) is 8.98. The summed E-state index contributed by atoms with van der Waals surface area (Å²) in [7, 11) is 0. The van der Waals surface area contributed by atoms with Gasteiger partial charge in [-0.15, -0.1) is 13.2 Å². The van der Waals surface area contributed by atoms with Crippen LogP contribution < -0.4 is 20.7 Å². The van der Waals surface area contributed by atoms with Gasteiger partial charge in [-0.2, -0.15) is 0 Å². The maximum Gasteiger partial charge on any atom is 0.573 e. The van der Waals surface area contributed by atoms with E-state index in [4.69, 9.17) is 0 Å². The van der Waals surface area contributed by atoms with Crippen molar-refractivity contribution >= 4 is 11.8 Å². The Morgan fingerprint density at radius 3 is 2.41 bits per heavy atom. The summed E-state index contributed by atoms with van der Waals surface area (Å²) in [5.41, 5.74) is 0.141. The van der Waals surface area contributed by atoms with Gasteiger partial charge in [0.2, 0.25) is 11.8 Å². The molecule has 6 nitrogen and oxygen atoms in total. The predicted molar refractivity (Wildman–Crippen MR) is 88.4 cm³/mol. The van der Waals surface area contributed by atoms with Crippen LogP contribution in [-0.4, -0.2) is 30.4 Å². The highest BCUT2D eigenvalue weighted by Crippen LogP contribution is 2.46. The SMILES string of the molecule is O=C1CC(C(=O)NC2(c3ccc(OC(F)(F)F)cc3)CC2)NC(C2CC2)N1. The molecule has 2 unspecified atom stereocenters. The van der Waals surface area contributed by atoms with E-state index in [0.717, 1.165) is 18.4 Å². The van der Waals surface area contributed by atoms with E-state index in [9.17, 15) is 22.8 Å². The maximum atomic E-state index is 12.7. The van der Waals surface area contributed by atoms with Gasteiger partial charge in [0.1, 0.15) is 5.75 Å². The normalized spacial score (nSPS) is 26.9. The molecule has 3 aliphatic rings. The Kier molecular flexibility index (Phi) is 4.29. The monoisotopic (exact) mass is 383 g/mol. The van der Waals surface area contributed by atoms with Crippen molar-refractivity contribution in [3.8, 4) is 5.75 Å². The lowest BCUT2D eigenvalue weighted by Crippen LogP contribution is -2.62. The van der Waals surface area contributed by atoms with Crippen molar-refractivity contribution in [3.63, 3.8) is 0 Å². The summed E-state index contributed by atoms with van der Waals surface area (Å²) in [6.07, 6.45) is -1.38. The molecule has 1 aromatic rings. The number of ether oxygens (including phenoxy) is 1. The molecule has 2 saturated carbocycles. The average Bonchev–Trinajstić information content (AvgIpc) is 3.48. The van der Waals surface area contributed by atoms with Gasteiger partial charge >= 0.3 is 6.36 Å². The van der Waals surface area contributed by atoms with E-state index in [0.29, 0.717) is 18.8 Å². The van der Waals surface area contributed by atoms with Gasteiger partial charge < -0.3 is 15.4 Å². The minimum Gasteiger partial charge on any atom is -0.406 e. The minimum atomic E-state index is -4.74. The first-order valence-electron chi connectivity index (χ1n) is 8.98. The van der Waals surface area contributed by atoms with Crippen molar-refractivity contribution in [1.82, 2.24) is 16.0 Å². The van der Waals surface area contributed by atoms with Crippen molar-refractivity contribution in [2.45, 2.75) is 56.2 Å². The molecule has 1 saturated heterocycles. The van der Waals surface area contributed by atoms with Gasteiger partial charge in [-0.25, -0.2) is 0 Å². The maximum absolute atomic E-state index is 12.7. The van der Waals surface area contributed by atoms with Crippen LogP contribution in [0.5, 0.6) is 5.75 Å². The number of nitrogens with one attached hydrogen (secondary N) is 3. The lowest BCUT2D eigenvalue weighted by molar-refractivity contribution is -0.274. The molecule has 1 aliphatic heterocycles. The average molecular weight is 383 g/mol. The van der Waals surface area contributed by atoms with Crippen LogP contribution in [0.2, 0.25) is 0 Å². The molecule has 1 aromatic carbocycles. The second kappa shape index (κ2) is 6.40. The molecular formula is C18H20F3N3O3. The van der Waals surface area contributed by atoms with Crippen LogP contribution in [0.4, 0.5) is 13.2 Å². The van der Waals surface area contributed by atoms with Gasteiger partial charge in [-0.05, 0) is 49.3 Å². The molecule has 2 atom stereocenters. The van der Waals surface area contributed by atoms with E-state index in [1.165, 1.54) is 24.3 Å². The summed E-state index contributed by atoms with van der Waals surface area (Å²) in [6.45, 7) is 0. The number of halogens is 3. The molecule has 2 aliphatic carbocycles. The Morgan fingerprint density at radius 1 is 1.19 bits per heavy atom. The van der Waals surface area contributed by atoms with Gasteiger partial charge in [0.05, 0.1) is 24.2 Å². The molecule has 9 heteroatoms. The lowest BCUT2D eigenvalue weighted by Gasteiger charge is -2.32. The molecule has 3 fully saturated rings. The van der Waals surface area contributed by atoms with Crippen LogP contribution in [-0.2, 0) is 15.1 Å². The molecule has 0 bridgehead atoms. The Labute approximate surface area is 153 Å². The van der Waals surface area contributed by atoms with Crippen LogP contribution >= 0.6 is 0 Å². The zero-order valence-electron chi connectivity index (χ0n) is 14.4. The Hall–Kier alpha value is -2.29. The molecule has 0 radical (unpaired) electrons. The van der Waals surface area contributed by atoms with Gasteiger partial charge in [-0.3, -0.25) is 14.9 Å². The summed E-state index contributed by atoms with van der Waals surface area (Å²) in [4.78, 5) is 24.6. The number of rotatable bonds is 5. The van der Waals surface area contributed by atoms with E-state index in [-0.39, 0.29) is 30.2 Å². The van der Waals surface area contributed by atoms with E-state index < -0.39 is 17.9 Å². The van der Waals surface area contributed by atoms with Gasteiger partial charge in [0.25, 0.3) is 0 Å². The second-order valence-corrected chi connectivity index (χ2v) is 7.45. The van der Waals surface area contributed by atoms with E-state index in [1.807, 2.05) is 0 Å². The Bertz CT molecular complexity index is 742. The second-order valence-electron chi connectivity index (χ2n) is 7.45. The van der Waals surface area contributed by atoms with Crippen LogP contribution in [0.15, 0.2) is 24.3 Å². The molecule has 27 heavy (non-hydrogen) atoms. The molecule has 146 valence electrons. The van der Waals surface area contributed by atoms with Gasteiger partial charge in [0.15, 0.2) is 0 Å². The number of carbonyl (C=O) groups is 2. The van der Waals surface area contributed by atoms with Crippen LogP contribution in [0.25, 0.3) is 0 Å². The zero-order chi connectivity index (χ0) is 19.2. The zero-order valence-corrected chi connectivity index (χ0v) is 14.4. The molecule has 4 rings (SSSR count). The summed E-state index contributed by atoms with van der Waals surface area (Å²) in [6, 6.07) is 4.94. The third-order valence-corrected chi connectivity index (χ3v) is 5.25. The number of hydrogen-bond acceptors (Lipinski definition) is 4. The molecule has 2 amide bonds. The minimum absolute atomic E-state index is 0.0729. The van der Waals surface area contributed by atoms with Gasteiger partial charge in [0, 0.05) is 0 Å². The van der Waals surface area contributed by atoms with Crippen molar-refractivity contribution in [3.05, 3.63) is 29.8 Å². The standard InChI is InChI=1S/C18H20F3N3O3/c19-18(20,21)27-12-5-3-11(4-6-12)17(7-8-17)24-16(26)13-9-14(25)23-15(22-13)10-1-2-10/h3-6,10,13,15,22H,1-2,7-9H2,(H,23,25)(H,24,26). The van der Waals surface area contributed by atoms with Crippen molar-refractivity contribution < 1.29 is 27.5 Å². The molecular weight excluding hydrogens is 363 g/mol. The van der Waals surface area contributed by atoms with E-state index in [1.54, 1.807) is 0 Å². The quantitative estimate of drug-likeness (QED) is 0.726. The third kappa shape index (κ3) is 4.18. The van der Waals surface area contributed by atoms with Crippen molar-refractivity contribution in [2.24, 2.45) is 5.92 Å². The fourth-order valence-corrected chi connectivity index (χ4v) is 3.50. The van der Waals surface area contributed by atoms with E-state index >= 15 is 0 Å². The molecule has 3 N–H and O–H groups in total. The highest BCUT2D eigenvalue weighted by molar-refractivity contribution is 5.90. The smallest absolute Gasteiger partial charge is 0.406 e. The highest BCUT2D eigenvalue weighted by atomic mass is 19.4. The number of carbonyl (C=O) groups excluding carboxylic acids is 2. The molecule has 1 heterocycles. The third-order valence-electron chi connectivity index (χ3n) is 5.25. The number of hydrogen-bond donors (Lipinski definition) is 3. The predicted octanol–water partition coefficient (Wildman–Crippen LogP) is 1.90. The molecule has 0 aromatic heterocycles. The lowest BCUT2D eigenvalue weighted by atomic mass is 10.0. The summed E-state index contributed by atoms with van der Waals surface area (Å²) in [5, 5.41) is 9.03. The Balaban J connectivity index is 1.41. The Morgan fingerprint density at radius 2 is 1.85 bits per heavy atom. The number of benzene rings is 1. The van der Waals surface area contributed by atoms with E-state index in [2.05, 4.69) is 20.7 Å². The van der Waals surface area contributed by atoms with Gasteiger partial charge in [-0.1, -0.05) is 12.1 Å². The first kappa shape index (κ1) is 18.1. The molecule has 0 spiro atoms. The van der Waals surface area contributed by atoms with Crippen LogP contribution in [0.3, 0.4) is 0 Å². The highest BCUT2D eigenvalue weighted by Gasteiger charge is 2.48.